The number of hydrogen-bond acceptors (Lipinski definition) is 4. The number of anilines is 2. The lowest BCUT2D eigenvalue weighted by Gasteiger charge is -2.30. The Morgan fingerprint density at radius 2 is 1.85 bits per heavy atom. The number of benzene rings is 2. The lowest BCUT2D eigenvalue weighted by atomic mass is 9.77. The van der Waals surface area contributed by atoms with Gasteiger partial charge >= 0.3 is 0 Å². The van der Waals surface area contributed by atoms with E-state index in [2.05, 4.69) is 44.0 Å². The summed E-state index contributed by atoms with van der Waals surface area (Å²) in [5.74, 6) is -0.00788. The lowest BCUT2D eigenvalue weighted by molar-refractivity contribution is 0.0966. The first-order valence-electron chi connectivity index (χ1n) is 8.93. The van der Waals surface area contributed by atoms with Crippen LogP contribution in [0.1, 0.15) is 42.3 Å². The SMILES string of the molecule is CC(N)C(=O)c1cccc2c1C(C)(C)C(C=Cc1ccc(N)cc1)N2C. The fourth-order valence-electron chi connectivity index (χ4n) is 3.92. The van der Waals surface area contributed by atoms with Crippen LogP contribution in [0, 0.1) is 0 Å². The second-order valence-electron chi connectivity index (χ2n) is 7.66. The van der Waals surface area contributed by atoms with Crippen LogP contribution < -0.4 is 16.4 Å². The molecule has 0 saturated heterocycles. The number of nitrogen functional groups attached to an aromatic ring is 1. The molecule has 26 heavy (non-hydrogen) atoms. The molecule has 136 valence electrons. The molecule has 4 heteroatoms. The van der Waals surface area contributed by atoms with Crippen molar-refractivity contribution >= 4 is 23.2 Å². The van der Waals surface area contributed by atoms with Crippen molar-refractivity contribution in [3.8, 4) is 0 Å². The van der Waals surface area contributed by atoms with E-state index in [-0.39, 0.29) is 17.2 Å². The van der Waals surface area contributed by atoms with Crippen molar-refractivity contribution in [1.82, 2.24) is 0 Å². The van der Waals surface area contributed by atoms with Crippen LogP contribution in [-0.2, 0) is 5.41 Å². The molecule has 2 aromatic rings. The van der Waals surface area contributed by atoms with E-state index in [1.807, 2.05) is 36.4 Å². The number of carbonyl (C=O) groups excluding carboxylic acids is 1. The van der Waals surface area contributed by atoms with Gasteiger partial charge in [0.25, 0.3) is 0 Å². The van der Waals surface area contributed by atoms with Crippen molar-refractivity contribution in [2.24, 2.45) is 5.73 Å². The van der Waals surface area contributed by atoms with Crippen molar-refractivity contribution in [1.29, 1.82) is 0 Å². The number of fused-ring (bicyclic) bond motifs is 1. The summed E-state index contributed by atoms with van der Waals surface area (Å²) in [6.07, 6.45) is 4.31. The Hall–Kier alpha value is -2.59. The topological polar surface area (TPSA) is 72.3 Å². The van der Waals surface area contributed by atoms with Crippen molar-refractivity contribution in [3.05, 3.63) is 65.2 Å². The summed E-state index contributed by atoms with van der Waals surface area (Å²) in [5.41, 5.74) is 16.2. The molecule has 0 aromatic heterocycles. The molecule has 3 rings (SSSR count). The Bertz CT molecular complexity index is 850. The van der Waals surface area contributed by atoms with Gasteiger partial charge in [0.15, 0.2) is 5.78 Å². The quantitative estimate of drug-likeness (QED) is 0.653. The van der Waals surface area contributed by atoms with Gasteiger partial charge < -0.3 is 16.4 Å². The van der Waals surface area contributed by atoms with Crippen LogP contribution >= 0.6 is 0 Å². The number of Topliss-reactive ketones (excluding diaryl/α,β-unsaturated/α-hetero) is 1. The molecule has 0 radical (unpaired) electrons. The number of nitrogens with zero attached hydrogens (tertiary/aromatic N) is 1. The highest BCUT2D eigenvalue weighted by Crippen LogP contribution is 2.47. The number of rotatable bonds is 4. The third kappa shape index (κ3) is 3.01. The average Bonchev–Trinajstić information content (AvgIpc) is 2.80. The molecule has 0 spiro atoms. The second-order valence-corrected chi connectivity index (χ2v) is 7.66. The molecule has 0 bridgehead atoms. The van der Waals surface area contributed by atoms with Crippen LogP contribution in [0.3, 0.4) is 0 Å². The number of ketones is 1. The highest BCUT2D eigenvalue weighted by Gasteiger charge is 2.44. The first-order chi connectivity index (χ1) is 12.2. The molecule has 0 amide bonds. The minimum absolute atomic E-state index is 0.00788. The normalized spacial score (nSPS) is 19.6. The van der Waals surface area contributed by atoms with E-state index in [9.17, 15) is 4.79 Å². The molecular weight excluding hydrogens is 322 g/mol. The van der Waals surface area contributed by atoms with E-state index >= 15 is 0 Å². The summed E-state index contributed by atoms with van der Waals surface area (Å²) >= 11 is 0. The van der Waals surface area contributed by atoms with Gasteiger partial charge in [0, 0.05) is 29.4 Å². The summed E-state index contributed by atoms with van der Waals surface area (Å²) < 4.78 is 0. The van der Waals surface area contributed by atoms with Gasteiger partial charge in [0.2, 0.25) is 0 Å². The van der Waals surface area contributed by atoms with Crippen LogP contribution in [-0.4, -0.2) is 24.9 Å². The van der Waals surface area contributed by atoms with Crippen molar-refractivity contribution in [2.45, 2.75) is 38.3 Å². The Morgan fingerprint density at radius 1 is 1.19 bits per heavy atom. The molecule has 4 N–H and O–H groups in total. The molecular formula is C22H27N3O. The maximum atomic E-state index is 12.6. The van der Waals surface area contributed by atoms with Crippen LogP contribution in [0.25, 0.3) is 6.08 Å². The van der Waals surface area contributed by atoms with Crippen LogP contribution in [0.2, 0.25) is 0 Å². The predicted molar refractivity (Wildman–Crippen MR) is 110 cm³/mol. The minimum Gasteiger partial charge on any atom is -0.399 e. The molecule has 1 aliphatic rings. The van der Waals surface area contributed by atoms with E-state index in [0.29, 0.717) is 0 Å². The smallest absolute Gasteiger partial charge is 0.179 e. The molecule has 0 fully saturated rings. The maximum Gasteiger partial charge on any atom is 0.179 e. The van der Waals surface area contributed by atoms with Gasteiger partial charge in [-0.05, 0) is 36.2 Å². The summed E-state index contributed by atoms with van der Waals surface area (Å²) in [5, 5.41) is 0. The molecule has 1 aliphatic heterocycles. The standard InChI is InChI=1S/C22H27N3O/c1-14(23)21(26)17-6-5-7-18-20(17)22(2,3)19(25(18)4)13-10-15-8-11-16(24)12-9-15/h5-14,19H,23-24H2,1-4H3. The van der Waals surface area contributed by atoms with Crippen LogP contribution in [0.5, 0.6) is 0 Å². The fraction of sp³-hybridized carbons (Fsp3) is 0.318. The van der Waals surface area contributed by atoms with Gasteiger partial charge in [0.1, 0.15) is 0 Å². The molecule has 0 saturated carbocycles. The Labute approximate surface area is 155 Å². The highest BCUT2D eigenvalue weighted by molar-refractivity contribution is 6.03. The van der Waals surface area contributed by atoms with Crippen molar-refractivity contribution in [2.75, 3.05) is 17.7 Å². The number of nitrogens with two attached hydrogens (primary N) is 2. The third-order valence-electron chi connectivity index (χ3n) is 5.31. The molecule has 1 heterocycles. The molecule has 2 unspecified atom stereocenters. The maximum absolute atomic E-state index is 12.6. The van der Waals surface area contributed by atoms with Crippen molar-refractivity contribution < 1.29 is 4.79 Å². The van der Waals surface area contributed by atoms with Gasteiger partial charge in [-0.2, -0.15) is 0 Å². The summed E-state index contributed by atoms with van der Waals surface area (Å²) in [7, 11) is 2.08. The minimum atomic E-state index is -0.507. The summed E-state index contributed by atoms with van der Waals surface area (Å²) in [6.45, 7) is 6.11. The zero-order valence-electron chi connectivity index (χ0n) is 15.9. The predicted octanol–water partition coefficient (Wildman–Crippen LogP) is 3.61. The van der Waals surface area contributed by atoms with Gasteiger partial charge in [0.05, 0.1) is 12.1 Å². The largest absolute Gasteiger partial charge is 0.399 e. The molecule has 2 atom stereocenters. The lowest BCUT2D eigenvalue weighted by Crippen LogP contribution is -2.38. The number of hydrogen-bond donors (Lipinski definition) is 2. The van der Waals surface area contributed by atoms with Crippen LogP contribution in [0.4, 0.5) is 11.4 Å². The Kier molecular flexibility index (Phi) is 4.63. The van der Waals surface area contributed by atoms with E-state index in [0.717, 1.165) is 28.1 Å². The van der Waals surface area contributed by atoms with E-state index in [1.165, 1.54) is 0 Å². The van der Waals surface area contributed by atoms with Crippen molar-refractivity contribution in [3.63, 3.8) is 0 Å². The number of likely N-dealkylation sites (N-methyl/N-ethyl adjacent to an activating group) is 1. The third-order valence-corrected chi connectivity index (χ3v) is 5.31. The second kappa shape index (κ2) is 6.61. The Morgan fingerprint density at radius 3 is 2.46 bits per heavy atom. The summed E-state index contributed by atoms with van der Waals surface area (Å²) in [4.78, 5) is 14.9. The van der Waals surface area contributed by atoms with E-state index in [1.54, 1.807) is 6.92 Å². The monoisotopic (exact) mass is 349 g/mol. The van der Waals surface area contributed by atoms with E-state index in [4.69, 9.17) is 11.5 Å². The van der Waals surface area contributed by atoms with E-state index < -0.39 is 6.04 Å². The Balaban J connectivity index is 2.01. The average molecular weight is 349 g/mol. The number of carbonyl (C=O) groups is 1. The fourth-order valence-corrected chi connectivity index (χ4v) is 3.92. The zero-order chi connectivity index (χ0) is 19.1. The van der Waals surface area contributed by atoms with Gasteiger partial charge in [-0.25, -0.2) is 0 Å². The summed E-state index contributed by atoms with van der Waals surface area (Å²) in [6, 6.07) is 13.3. The first kappa shape index (κ1) is 18.2. The highest BCUT2D eigenvalue weighted by atomic mass is 16.1. The van der Waals surface area contributed by atoms with Gasteiger partial charge in [-0.15, -0.1) is 0 Å². The van der Waals surface area contributed by atoms with Crippen LogP contribution in [0.15, 0.2) is 48.5 Å². The van der Waals surface area contributed by atoms with Gasteiger partial charge in [-0.3, -0.25) is 4.79 Å². The molecule has 0 aliphatic carbocycles. The molecule has 2 aromatic carbocycles. The molecule has 4 nitrogen and oxygen atoms in total. The zero-order valence-corrected chi connectivity index (χ0v) is 15.9. The van der Waals surface area contributed by atoms with Gasteiger partial charge in [-0.1, -0.05) is 50.3 Å². The first-order valence-corrected chi connectivity index (χ1v) is 8.93.